The maximum absolute atomic E-state index is 12.0. The molecule has 0 atom stereocenters. The van der Waals surface area contributed by atoms with Crippen molar-refractivity contribution < 1.29 is 14.8 Å². The standard InChI is InChI=1S/C11H14ClN3O4/c1-11(2,4-6-16)14-10(17)7-3-5-13-9(12)8(7)15(18)19/h3,5,16H,4,6H2,1-2H3,(H,14,17). The van der Waals surface area contributed by atoms with Crippen LogP contribution in [0.15, 0.2) is 12.3 Å². The summed E-state index contributed by atoms with van der Waals surface area (Å²) < 4.78 is 0. The zero-order chi connectivity index (χ0) is 14.6. The Balaban J connectivity index is 3.07. The van der Waals surface area contributed by atoms with Gasteiger partial charge < -0.3 is 10.4 Å². The van der Waals surface area contributed by atoms with Gasteiger partial charge in [-0.25, -0.2) is 4.98 Å². The molecule has 8 heteroatoms. The predicted molar refractivity (Wildman–Crippen MR) is 69.1 cm³/mol. The molecule has 0 unspecified atom stereocenters. The van der Waals surface area contributed by atoms with Crippen LogP contribution in [0.25, 0.3) is 0 Å². The molecule has 1 amide bonds. The highest BCUT2D eigenvalue weighted by molar-refractivity contribution is 6.32. The Hall–Kier alpha value is -1.73. The second-order valence-corrected chi connectivity index (χ2v) is 4.92. The topological polar surface area (TPSA) is 105 Å². The van der Waals surface area contributed by atoms with Gasteiger partial charge in [0.1, 0.15) is 5.56 Å². The van der Waals surface area contributed by atoms with Crippen molar-refractivity contribution in [1.29, 1.82) is 0 Å². The molecule has 0 spiro atoms. The van der Waals surface area contributed by atoms with Crippen molar-refractivity contribution in [3.63, 3.8) is 0 Å². The number of aliphatic hydroxyl groups is 1. The minimum absolute atomic E-state index is 0.105. The molecule has 1 aromatic heterocycles. The number of nitro groups is 1. The Morgan fingerprint density at radius 3 is 2.79 bits per heavy atom. The van der Waals surface area contributed by atoms with E-state index in [1.165, 1.54) is 12.3 Å². The Morgan fingerprint density at radius 2 is 2.26 bits per heavy atom. The number of hydrogen-bond acceptors (Lipinski definition) is 5. The van der Waals surface area contributed by atoms with Crippen LogP contribution in [-0.4, -0.2) is 33.1 Å². The average Bonchev–Trinajstić information content (AvgIpc) is 2.27. The number of nitrogens with one attached hydrogen (secondary N) is 1. The number of rotatable bonds is 5. The molecule has 1 aromatic rings. The zero-order valence-electron chi connectivity index (χ0n) is 10.5. The SMILES string of the molecule is CC(C)(CCO)NC(=O)c1ccnc(Cl)c1[N+](=O)[O-]. The van der Waals surface area contributed by atoms with E-state index in [1.807, 2.05) is 0 Å². The van der Waals surface area contributed by atoms with Gasteiger partial charge in [-0.15, -0.1) is 0 Å². The number of halogens is 1. The summed E-state index contributed by atoms with van der Waals surface area (Å²) in [4.78, 5) is 25.8. The summed E-state index contributed by atoms with van der Waals surface area (Å²) in [6.45, 7) is 3.30. The van der Waals surface area contributed by atoms with Gasteiger partial charge in [-0.3, -0.25) is 14.9 Å². The van der Waals surface area contributed by atoms with E-state index in [4.69, 9.17) is 16.7 Å². The Labute approximate surface area is 114 Å². The van der Waals surface area contributed by atoms with E-state index in [1.54, 1.807) is 13.8 Å². The van der Waals surface area contributed by atoms with E-state index in [-0.39, 0.29) is 17.3 Å². The highest BCUT2D eigenvalue weighted by Gasteiger charge is 2.28. The quantitative estimate of drug-likeness (QED) is 0.485. The lowest BCUT2D eigenvalue weighted by Crippen LogP contribution is -2.44. The van der Waals surface area contributed by atoms with Crippen molar-refractivity contribution in [3.05, 3.63) is 33.1 Å². The molecule has 1 heterocycles. The lowest BCUT2D eigenvalue weighted by atomic mass is 10.0. The van der Waals surface area contributed by atoms with Gasteiger partial charge >= 0.3 is 5.69 Å². The molecule has 0 aliphatic rings. The third kappa shape index (κ3) is 3.87. The van der Waals surface area contributed by atoms with Gasteiger partial charge in [0.05, 0.1) is 4.92 Å². The minimum Gasteiger partial charge on any atom is -0.396 e. The van der Waals surface area contributed by atoms with E-state index >= 15 is 0 Å². The number of hydrogen-bond donors (Lipinski definition) is 2. The summed E-state index contributed by atoms with van der Waals surface area (Å²) >= 11 is 5.63. The molecule has 0 saturated carbocycles. The van der Waals surface area contributed by atoms with E-state index in [9.17, 15) is 14.9 Å². The molecule has 0 bridgehead atoms. The van der Waals surface area contributed by atoms with E-state index in [0.717, 1.165) is 0 Å². The largest absolute Gasteiger partial charge is 0.396 e. The lowest BCUT2D eigenvalue weighted by Gasteiger charge is -2.25. The molecule has 0 saturated heterocycles. The maximum Gasteiger partial charge on any atom is 0.319 e. The smallest absolute Gasteiger partial charge is 0.319 e. The van der Waals surface area contributed by atoms with Gasteiger partial charge in [-0.05, 0) is 26.3 Å². The van der Waals surface area contributed by atoms with E-state index < -0.39 is 22.1 Å². The molecule has 104 valence electrons. The van der Waals surface area contributed by atoms with E-state index in [0.29, 0.717) is 6.42 Å². The monoisotopic (exact) mass is 287 g/mol. The summed E-state index contributed by atoms with van der Waals surface area (Å²) in [5, 5.41) is 22.1. The van der Waals surface area contributed by atoms with Crippen molar-refractivity contribution in [3.8, 4) is 0 Å². The molecule has 7 nitrogen and oxygen atoms in total. The Bertz CT molecular complexity index is 505. The first-order valence-corrected chi connectivity index (χ1v) is 5.88. The highest BCUT2D eigenvalue weighted by Crippen LogP contribution is 2.26. The number of carbonyl (C=O) groups excluding carboxylic acids is 1. The summed E-state index contributed by atoms with van der Waals surface area (Å²) in [6, 6.07) is 1.23. The first kappa shape index (κ1) is 15.3. The second kappa shape index (κ2) is 5.94. The van der Waals surface area contributed by atoms with Gasteiger partial charge in [-0.2, -0.15) is 0 Å². The number of aliphatic hydroxyl groups excluding tert-OH is 1. The van der Waals surface area contributed by atoms with Crippen LogP contribution < -0.4 is 5.32 Å². The second-order valence-electron chi connectivity index (χ2n) is 4.57. The third-order valence-electron chi connectivity index (χ3n) is 2.50. The minimum atomic E-state index is -0.747. The van der Waals surface area contributed by atoms with Crippen molar-refractivity contribution in [2.45, 2.75) is 25.8 Å². The van der Waals surface area contributed by atoms with Gasteiger partial charge in [0.15, 0.2) is 0 Å². The van der Waals surface area contributed by atoms with Gasteiger partial charge in [0.25, 0.3) is 5.91 Å². The number of amides is 1. The van der Waals surface area contributed by atoms with Gasteiger partial charge in [0, 0.05) is 18.3 Å². The van der Waals surface area contributed by atoms with Crippen LogP contribution in [0.2, 0.25) is 5.15 Å². The predicted octanol–water partition coefficient (Wildman–Crippen LogP) is 1.53. The first-order valence-electron chi connectivity index (χ1n) is 5.51. The lowest BCUT2D eigenvalue weighted by molar-refractivity contribution is -0.385. The van der Waals surface area contributed by atoms with Crippen molar-refractivity contribution in [2.24, 2.45) is 0 Å². The van der Waals surface area contributed by atoms with Gasteiger partial charge in [0.2, 0.25) is 5.15 Å². The Morgan fingerprint density at radius 1 is 1.63 bits per heavy atom. The summed E-state index contributed by atoms with van der Waals surface area (Å²) in [7, 11) is 0. The van der Waals surface area contributed by atoms with Crippen molar-refractivity contribution in [2.75, 3.05) is 6.61 Å². The Kier molecular flexibility index (Phi) is 4.79. The number of pyridine rings is 1. The molecule has 0 aromatic carbocycles. The summed E-state index contributed by atoms with van der Waals surface area (Å²) in [5.74, 6) is -0.630. The third-order valence-corrected chi connectivity index (χ3v) is 2.77. The molecule has 0 fully saturated rings. The van der Waals surface area contributed by atoms with Crippen LogP contribution in [-0.2, 0) is 0 Å². The molecule has 2 N–H and O–H groups in total. The maximum atomic E-state index is 12.0. The van der Waals surface area contributed by atoms with Gasteiger partial charge in [-0.1, -0.05) is 11.6 Å². The molecule has 0 aliphatic heterocycles. The van der Waals surface area contributed by atoms with Crippen LogP contribution in [0.5, 0.6) is 0 Å². The van der Waals surface area contributed by atoms with Crippen molar-refractivity contribution >= 4 is 23.2 Å². The van der Waals surface area contributed by atoms with Crippen molar-refractivity contribution in [1.82, 2.24) is 10.3 Å². The molecule has 0 aliphatic carbocycles. The highest BCUT2D eigenvalue weighted by atomic mass is 35.5. The molecule has 0 radical (unpaired) electrons. The fourth-order valence-electron chi connectivity index (χ4n) is 1.50. The van der Waals surface area contributed by atoms with Crippen LogP contribution >= 0.6 is 11.6 Å². The molecule has 1 rings (SSSR count). The number of nitrogens with zero attached hydrogens (tertiary/aromatic N) is 2. The number of carbonyl (C=O) groups is 1. The van der Waals surface area contributed by atoms with Crippen LogP contribution in [0.3, 0.4) is 0 Å². The summed E-state index contributed by atoms with van der Waals surface area (Å²) in [5.41, 5.74) is -1.37. The molecular formula is C11H14ClN3O4. The zero-order valence-corrected chi connectivity index (χ0v) is 11.3. The number of aromatic nitrogens is 1. The average molecular weight is 288 g/mol. The molecule has 19 heavy (non-hydrogen) atoms. The van der Waals surface area contributed by atoms with E-state index in [2.05, 4.69) is 10.3 Å². The first-order chi connectivity index (χ1) is 8.78. The molecular weight excluding hydrogens is 274 g/mol. The van der Waals surface area contributed by atoms with Crippen LogP contribution in [0, 0.1) is 10.1 Å². The fraction of sp³-hybridized carbons (Fsp3) is 0.455. The summed E-state index contributed by atoms with van der Waals surface area (Å²) in [6.07, 6.45) is 1.55. The van der Waals surface area contributed by atoms with Crippen LogP contribution in [0.4, 0.5) is 5.69 Å². The van der Waals surface area contributed by atoms with Crippen LogP contribution in [0.1, 0.15) is 30.6 Å². The fourth-order valence-corrected chi connectivity index (χ4v) is 1.73. The normalized spacial score (nSPS) is 11.2.